The Bertz CT molecular complexity index is 915. The summed E-state index contributed by atoms with van der Waals surface area (Å²) in [6, 6.07) is 14.4. The Balaban J connectivity index is 1.81. The molecule has 0 spiro atoms. The quantitative estimate of drug-likeness (QED) is 0.725. The van der Waals surface area contributed by atoms with E-state index in [0.29, 0.717) is 23.7 Å². The van der Waals surface area contributed by atoms with Gasteiger partial charge in [0.05, 0.1) is 11.4 Å². The van der Waals surface area contributed by atoms with Crippen LogP contribution in [0.4, 0.5) is 5.69 Å². The van der Waals surface area contributed by atoms with Gasteiger partial charge < -0.3 is 14.4 Å². The minimum absolute atomic E-state index is 0.0953. The molecule has 7 nitrogen and oxygen atoms in total. The van der Waals surface area contributed by atoms with Crippen LogP contribution in [-0.2, 0) is 21.4 Å². The second-order valence-corrected chi connectivity index (χ2v) is 8.36. The number of carbonyl (C=O) groups excluding carboxylic acids is 1. The molecule has 2 aromatic rings. The van der Waals surface area contributed by atoms with Crippen molar-refractivity contribution in [2.45, 2.75) is 13.5 Å². The van der Waals surface area contributed by atoms with E-state index in [2.05, 4.69) is 0 Å². The number of sulfonamides is 1. The van der Waals surface area contributed by atoms with Gasteiger partial charge in [0.15, 0.2) is 11.5 Å². The third-order valence-electron chi connectivity index (χ3n) is 4.31. The second kappa shape index (κ2) is 7.87. The molecule has 1 aliphatic heterocycles. The molecule has 144 valence electrons. The molecule has 2 aromatic carbocycles. The number of anilines is 1. The molecule has 0 fully saturated rings. The smallest absolute Gasteiger partial charge is 0.243 e. The van der Waals surface area contributed by atoms with Crippen molar-refractivity contribution in [3.05, 3.63) is 54.1 Å². The number of carbonyl (C=O) groups is 1. The molecule has 0 unspecified atom stereocenters. The van der Waals surface area contributed by atoms with Gasteiger partial charge in [0, 0.05) is 19.7 Å². The number of nitrogens with zero attached hydrogens (tertiary/aromatic N) is 2. The third-order valence-corrected chi connectivity index (χ3v) is 6.05. The summed E-state index contributed by atoms with van der Waals surface area (Å²) >= 11 is 0. The van der Waals surface area contributed by atoms with E-state index >= 15 is 0 Å². The van der Waals surface area contributed by atoms with E-state index in [4.69, 9.17) is 9.47 Å². The van der Waals surface area contributed by atoms with Gasteiger partial charge in [0.25, 0.3) is 0 Å². The zero-order chi connectivity index (χ0) is 19.4. The van der Waals surface area contributed by atoms with Crippen LogP contribution in [0.5, 0.6) is 11.5 Å². The Labute approximate surface area is 159 Å². The Morgan fingerprint density at radius 2 is 1.78 bits per heavy atom. The number of amides is 1. The first-order chi connectivity index (χ1) is 12.9. The number of fused-ring (bicyclic) bond motifs is 1. The van der Waals surface area contributed by atoms with Crippen LogP contribution in [0.3, 0.4) is 0 Å². The molecule has 0 aromatic heterocycles. The summed E-state index contributed by atoms with van der Waals surface area (Å²) in [5.74, 6) is 0.611. The largest absolute Gasteiger partial charge is 0.454 e. The summed E-state index contributed by atoms with van der Waals surface area (Å²) in [5, 5.41) is 0. The Morgan fingerprint density at radius 1 is 1.07 bits per heavy atom. The normalized spacial score (nSPS) is 12.7. The summed E-state index contributed by atoms with van der Waals surface area (Å²) in [5.41, 5.74) is 1.35. The van der Waals surface area contributed by atoms with Gasteiger partial charge in [-0.05, 0) is 24.6 Å². The predicted octanol–water partition coefficient (Wildman–Crippen LogP) is 2.23. The maximum Gasteiger partial charge on any atom is 0.243 e. The highest BCUT2D eigenvalue weighted by Gasteiger charge is 2.27. The van der Waals surface area contributed by atoms with Crippen molar-refractivity contribution in [3.63, 3.8) is 0 Å². The average molecular weight is 390 g/mol. The molecule has 0 bridgehead atoms. The summed E-state index contributed by atoms with van der Waals surface area (Å²) < 4.78 is 36.9. The molecular weight excluding hydrogens is 368 g/mol. The van der Waals surface area contributed by atoms with Crippen molar-refractivity contribution in [3.8, 4) is 11.5 Å². The Kier molecular flexibility index (Phi) is 5.55. The summed E-state index contributed by atoms with van der Waals surface area (Å²) in [6.45, 7) is 1.77. The maximum atomic E-state index is 12.7. The fourth-order valence-corrected chi connectivity index (χ4v) is 3.79. The van der Waals surface area contributed by atoms with Crippen LogP contribution in [0, 0.1) is 0 Å². The minimum atomic E-state index is -3.64. The highest BCUT2D eigenvalue weighted by molar-refractivity contribution is 7.92. The van der Waals surface area contributed by atoms with Gasteiger partial charge in [-0.25, -0.2) is 8.42 Å². The molecule has 0 saturated heterocycles. The van der Waals surface area contributed by atoms with E-state index in [-0.39, 0.29) is 25.0 Å². The van der Waals surface area contributed by atoms with Crippen molar-refractivity contribution in [2.75, 3.05) is 30.4 Å². The van der Waals surface area contributed by atoms with Crippen LogP contribution in [0.1, 0.15) is 12.5 Å². The van der Waals surface area contributed by atoms with Crippen molar-refractivity contribution in [1.29, 1.82) is 0 Å². The number of ether oxygens (including phenoxy) is 2. The van der Waals surface area contributed by atoms with Gasteiger partial charge in [-0.2, -0.15) is 0 Å². The van der Waals surface area contributed by atoms with Crippen LogP contribution in [0.2, 0.25) is 0 Å². The molecule has 0 aliphatic carbocycles. The summed E-state index contributed by atoms with van der Waals surface area (Å²) in [7, 11) is -1.98. The lowest BCUT2D eigenvalue weighted by Crippen LogP contribution is -2.42. The second-order valence-electron chi connectivity index (χ2n) is 6.18. The number of hydrogen-bond donors (Lipinski definition) is 0. The minimum Gasteiger partial charge on any atom is -0.454 e. The Morgan fingerprint density at radius 3 is 2.48 bits per heavy atom. The molecule has 0 saturated carbocycles. The monoisotopic (exact) mass is 390 g/mol. The molecule has 8 heteroatoms. The molecule has 3 rings (SSSR count). The van der Waals surface area contributed by atoms with Crippen LogP contribution in [0.15, 0.2) is 48.5 Å². The van der Waals surface area contributed by atoms with E-state index in [9.17, 15) is 13.2 Å². The average Bonchev–Trinajstić information content (AvgIpc) is 3.14. The number of hydrogen-bond acceptors (Lipinski definition) is 5. The Hall–Kier alpha value is -2.74. The molecule has 1 amide bonds. The first-order valence-electron chi connectivity index (χ1n) is 8.58. The summed E-state index contributed by atoms with van der Waals surface area (Å²) in [6.07, 6.45) is 0. The summed E-state index contributed by atoms with van der Waals surface area (Å²) in [4.78, 5) is 14.2. The molecule has 1 aliphatic rings. The molecule has 1 heterocycles. The van der Waals surface area contributed by atoms with Crippen LogP contribution in [0.25, 0.3) is 0 Å². The molecule has 0 atom stereocenters. The van der Waals surface area contributed by atoms with Crippen molar-refractivity contribution in [2.24, 2.45) is 0 Å². The topological polar surface area (TPSA) is 76.2 Å². The number of benzene rings is 2. The van der Waals surface area contributed by atoms with Crippen molar-refractivity contribution >= 4 is 21.6 Å². The van der Waals surface area contributed by atoms with E-state index in [1.807, 2.05) is 30.3 Å². The van der Waals surface area contributed by atoms with E-state index in [1.54, 1.807) is 32.2 Å². The molecule has 27 heavy (non-hydrogen) atoms. The highest BCUT2D eigenvalue weighted by Crippen LogP contribution is 2.36. The predicted molar refractivity (Wildman–Crippen MR) is 102 cm³/mol. The zero-order valence-corrected chi connectivity index (χ0v) is 16.1. The van der Waals surface area contributed by atoms with Crippen LogP contribution >= 0.6 is 0 Å². The lowest BCUT2D eigenvalue weighted by atomic mass is 10.2. The van der Waals surface area contributed by atoms with Crippen LogP contribution < -0.4 is 13.8 Å². The number of rotatable bonds is 7. The van der Waals surface area contributed by atoms with Gasteiger partial charge in [-0.15, -0.1) is 0 Å². The van der Waals surface area contributed by atoms with Gasteiger partial charge in [-0.3, -0.25) is 9.10 Å². The first-order valence-corrected chi connectivity index (χ1v) is 10.2. The molecular formula is C19H22N2O5S. The third kappa shape index (κ3) is 4.33. The van der Waals surface area contributed by atoms with E-state index < -0.39 is 10.0 Å². The van der Waals surface area contributed by atoms with Crippen molar-refractivity contribution in [1.82, 2.24) is 4.90 Å². The van der Waals surface area contributed by atoms with Gasteiger partial charge in [0.2, 0.25) is 22.7 Å². The lowest BCUT2D eigenvalue weighted by Gasteiger charge is -2.26. The maximum absolute atomic E-state index is 12.7. The molecule has 0 N–H and O–H groups in total. The van der Waals surface area contributed by atoms with Gasteiger partial charge in [0.1, 0.15) is 6.54 Å². The van der Waals surface area contributed by atoms with Gasteiger partial charge in [-0.1, -0.05) is 30.3 Å². The fourth-order valence-electron chi connectivity index (χ4n) is 2.74. The van der Waals surface area contributed by atoms with Crippen molar-refractivity contribution < 1.29 is 22.7 Å². The van der Waals surface area contributed by atoms with Gasteiger partial charge >= 0.3 is 0 Å². The first kappa shape index (κ1) is 19.0. The number of likely N-dealkylation sites (N-methyl/N-ethyl adjacent to an activating group) is 1. The molecule has 0 radical (unpaired) electrons. The zero-order valence-electron chi connectivity index (χ0n) is 15.3. The lowest BCUT2D eigenvalue weighted by molar-refractivity contribution is -0.128. The fraction of sp³-hybridized carbons (Fsp3) is 0.316. The highest BCUT2D eigenvalue weighted by atomic mass is 32.2. The van der Waals surface area contributed by atoms with E-state index in [1.165, 1.54) is 4.90 Å². The SMILES string of the molecule is CCS(=O)(=O)N(CC(=O)N(C)Cc1ccccc1)c1ccc2c(c1)OCO2. The van der Waals surface area contributed by atoms with E-state index in [0.717, 1.165) is 9.87 Å². The van der Waals surface area contributed by atoms with Crippen LogP contribution in [-0.4, -0.2) is 45.4 Å². The standard InChI is InChI=1S/C19H22N2O5S/c1-3-27(23,24)21(16-9-10-17-18(11-16)26-14-25-17)13-19(22)20(2)12-15-7-5-4-6-8-15/h4-11H,3,12-14H2,1-2H3.